The van der Waals surface area contributed by atoms with Crippen molar-refractivity contribution in [2.45, 2.75) is 77.2 Å². The van der Waals surface area contributed by atoms with Crippen LogP contribution in [-0.4, -0.2) is 18.6 Å². The van der Waals surface area contributed by atoms with Crippen LogP contribution < -0.4 is 10.1 Å². The second kappa shape index (κ2) is 10.3. The van der Waals surface area contributed by atoms with Gasteiger partial charge in [0.25, 0.3) is 5.91 Å². The van der Waals surface area contributed by atoms with Crippen LogP contribution in [0.1, 0.15) is 81.5 Å². The number of rotatable bonds is 8. The Balaban J connectivity index is 1.75. The van der Waals surface area contributed by atoms with Crippen molar-refractivity contribution < 1.29 is 9.53 Å². The minimum Gasteiger partial charge on any atom is -0.494 e. The maximum absolute atomic E-state index is 12.3. The summed E-state index contributed by atoms with van der Waals surface area (Å²) >= 11 is 0. The fraction of sp³-hybridized carbons (Fsp3) is 0.650. The van der Waals surface area contributed by atoms with Gasteiger partial charge in [0, 0.05) is 11.6 Å². The molecule has 0 aliphatic heterocycles. The van der Waals surface area contributed by atoms with Gasteiger partial charge >= 0.3 is 0 Å². The first kappa shape index (κ1) is 17.8. The predicted octanol–water partition coefficient (Wildman–Crippen LogP) is 5.10. The van der Waals surface area contributed by atoms with E-state index in [0.29, 0.717) is 6.04 Å². The average Bonchev–Trinajstić information content (AvgIpc) is 2.84. The third-order valence-corrected chi connectivity index (χ3v) is 4.57. The molecular formula is C20H31NO2. The van der Waals surface area contributed by atoms with Crippen molar-refractivity contribution in [2.75, 3.05) is 6.61 Å². The average molecular weight is 317 g/mol. The van der Waals surface area contributed by atoms with Crippen molar-refractivity contribution >= 4 is 5.91 Å². The quantitative estimate of drug-likeness (QED) is 0.535. The van der Waals surface area contributed by atoms with E-state index in [1.807, 2.05) is 24.3 Å². The molecule has 0 saturated heterocycles. The first-order valence-electron chi connectivity index (χ1n) is 9.33. The molecule has 0 bridgehead atoms. The summed E-state index contributed by atoms with van der Waals surface area (Å²) in [4.78, 5) is 12.3. The molecule has 1 aliphatic rings. The van der Waals surface area contributed by atoms with Gasteiger partial charge in [-0.3, -0.25) is 4.79 Å². The normalized spacial score (nSPS) is 15.9. The van der Waals surface area contributed by atoms with Crippen LogP contribution in [0, 0.1) is 0 Å². The molecule has 1 aliphatic carbocycles. The van der Waals surface area contributed by atoms with E-state index < -0.39 is 0 Å². The molecule has 0 spiro atoms. The summed E-state index contributed by atoms with van der Waals surface area (Å²) in [6.45, 7) is 2.97. The van der Waals surface area contributed by atoms with Crippen molar-refractivity contribution in [1.82, 2.24) is 5.32 Å². The van der Waals surface area contributed by atoms with Crippen molar-refractivity contribution in [3.63, 3.8) is 0 Å². The Labute approximate surface area is 140 Å². The number of hydrogen-bond donors (Lipinski definition) is 1. The van der Waals surface area contributed by atoms with Gasteiger partial charge in [0.2, 0.25) is 0 Å². The van der Waals surface area contributed by atoms with Gasteiger partial charge in [-0.1, -0.05) is 51.9 Å². The van der Waals surface area contributed by atoms with Gasteiger partial charge in [-0.2, -0.15) is 0 Å². The fourth-order valence-corrected chi connectivity index (χ4v) is 3.11. The first-order chi connectivity index (χ1) is 11.3. The zero-order valence-electron chi connectivity index (χ0n) is 14.5. The SMILES string of the molecule is CCCCCCOc1ccc(C(=O)NC2CCCCCC2)cc1. The highest BCUT2D eigenvalue weighted by Gasteiger charge is 2.15. The van der Waals surface area contributed by atoms with Crippen molar-refractivity contribution in [2.24, 2.45) is 0 Å². The van der Waals surface area contributed by atoms with Crippen LogP contribution in [0.3, 0.4) is 0 Å². The van der Waals surface area contributed by atoms with Gasteiger partial charge in [0.15, 0.2) is 0 Å². The van der Waals surface area contributed by atoms with Crippen LogP contribution in [0.4, 0.5) is 0 Å². The van der Waals surface area contributed by atoms with E-state index in [4.69, 9.17) is 4.74 Å². The lowest BCUT2D eigenvalue weighted by Crippen LogP contribution is -2.34. The molecule has 3 nitrogen and oxygen atoms in total. The lowest BCUT2D eigenvalue weighted by Gasteiger charge is -2.16. The second-order valence-electron chi connectivity index (χ2n) is 6.60. The molecule has 1 saturated carbocycles. The Hall–Kier alpha value is -1.51. The largest absolute Gasteiger partial charge is 0.494 e. The fourth-order valence-electron chi connectivity index (χ4n) is 3.11. The van der Waals surface area contributed by atoms with Gasteiger partial charge in [0.1, 0.15) is 5.75 Å². The number of hydrogen-bond acceptors (Lipinski definition) is 2. The third-order valence-electron chi connectivity index (χ3n) is 4.57. The molecule has 3 heteroatoms. The first-order valence-corrected chi connectivity index (χ1v) is 9.33. The standard InChI is InChI=1S/C20H31NO2/c1-2-3-4-9-16-23-19-14-12-17(13-15-19)20(22)21-18-10-7-5-6-8-11-18/h12-15,18H,2-11,16H2,1H3,(H,21,22). The molecule has 0 unspecified atom stereocenters. The third kappa shape index (κ3) is 6.64. The molecule has 0 heterocycles. The van der Waals surface area contributed by atoms with E-state index in [-0.39, 0.29) is 5.91 Å². The molecule has 23 heavy (non-hydrogen) atoms. The lowest BCUT2D eigenvalue weighted by molar-refractivity contribution is 0.0933. The summed E-state index contributed by atoms with van der Waals surface area (Å²) in [5.41, 5.74) is 0.729. The van der Waals surface area contributed by atoms with Crippen LogP contribution in [-0.2, 0) is 0 Å². The molecule has 1 aromatic rings. The van der Waals surface area contributed by atoms with E-state index in [1.54, 1.807) is 0 Å². The summed E-state index contributed by atoms with van der Waals surface area (Å²) in [5.74, 6) is 0.902. The summed E-state index contributed by atoms with van der Waals surface area (Å²) in [6.07, 6.45) is 12.1. The molecule has 1 amide bonds. The summed E-state index contributed by atoms with van der Waals surface area (Å²) in [7, 11) is 0. The van der Waals surface area contributed by atoms with Crippen LogP contribution in [0.2, 0.25) is 0 Å². The minimum atomic E-state index is 0.0476. The van der Waals surface area contributed by atoms with Crippen LogP contribution in [0.15, 0.2) is 24.3 Å². The van der Waals surface area contributed by atoms with Crippen molar-refractivity contribution in [1.29, 1.82) is 0 Å². The van der Waals surface area contributed by atoms with E-state index in [1.165, 1.54) is 44.9 Å². The van der Waals surface area contributed by atoms with Gasteiger partial charge in [-0.05, 0) is 43.5 Å². The Morgan fingerprint density at radius 3 is 2.39 bits per heavy atom. The highest BCUT2D eigenvalue weighted by Crippen LogP contribution is 2.18. The maximum atomic E-state index is 12.3. The van der Waals surface area contributed by atoms with Crippen LogP contribution in [0.25, 0.3) is 0 Å². The number of nitrogens with one attached hydrogen (secondary N) is 1. The summed E-state index contributed by atoms with van der Waals surface area (Å²) < 4.78 is 5.72. The molecule has 1 fully saturated rings. The van der Waals surface area contributed by atoms with Crippen LogP contribution >= 0.6 is 0 Å². The Morgan fingerprint density at radius 2 is 1.74 bits per heavy atom. The Kier molecular flexibility index (Phi) is 7.99. The number of carbonyl (C=O) groups is 1. The molecule has 1 aromatic carbocycles. The monoisotopic (exact) mass is 317 g/mol. The molecule has 0 atom stereocenters. The second-order valence-corrected chi connectivity index (χ2v) is 6.60. The number of benzene rings is 1. The van der Waals surface area contributed by atoms with Crippen LogP contribution in [0.5, 0.6) is 5.75 Å². The number of carbonyl (C=O) groups excluding carboxylic acids is 1. The van der Waals surface area contributed by atoms with E-state index >= 15 is 0 Å². The molecular weight excluding hydrogens is 286 g/mol. The lowest BCUT2D eigenvalue weighted by atomic mass is 10.1. The predicted molar refractivity (Wildman–Crippen MR) is 95.0 cm³/mol. The Morgan fingerprint density at radius 1 is 1.04 bits per heavy atom. The highest BCUT2D eigenvalue weighted by molar-refractivity contribution is 5.94. The number of ether oxygens (including phenoxy) is 1. The van der Waals surface area contributed by atoms with Crippen molar-refractivity contribution in [3.8, 4) is 5.75 Å². The molecule has 2 rings (SSSR count). The Bertz CT molecular complexity index is 447. The van der Waals surface area contributed by atoms with Gasteiger partial charge in [0.05, 0.1) is 6.61 Å². The van der Waals surface area contributed by atoms with E-state index in [0.717, 1.165) is 37.2 Å². The molecule has 128 valence electrons. The minimum absolute atomic E-state index is 0.0476. The van der Waals surface area contributed by atoms with Gasteiger partial charge in [-0.25, -0.2) is 0 Å². The zero-order chi connectivity index (χ0) is 16.3. The van der Waals surface area contributed by atoms with E-state index in [2.05, 4.69) is 12.2 Å². The van der Waals surface area contributed by atoms with E-state index in [9.17, 15) is 4.79 Å². The summed E-state index contributed by atoms with van der Waals surface area (Å²) in [5, 5.41) is 3.18. The number of amides is 1. The smallest absolute Gasteiger partial charge is 0.251 e. The van der Waals surface area contributed by atoms with Gasteiger partial charge in [-0.15, -0.1) is 0 Å². The highest BCUT2D eigenvalue weighted by atomic mass is 16.5. The van der Waals surface area contributed by atoms with Crippen molar-refractivity contribution in [3.05, 3.63) is 29.8 Å². The maximum Gasteiger partial charge on any atom is 0.251 e. The van der Waals surface area contributed by atoms with Gasteiger partial charge < -0.3 is 10.1 Å². The topological polar surface area (TPSA) is 38.3 Å². The number of unbranched alkanes of at least 4 members (excludes halogenated alkanes) is 3. The molecule has 1 N–H and O–H groups in total. The summed E-state index contributed by atoms with van der Waals surface area (Å²) in [6, 6.07) is 7.89. The zero-order valence-corrected chi connectivity index (χ0v) is 14.5. The molecule has 0 radical (unpaired) electrons. The molecule has 0 aromatic heterocycles.